The van der Waals surface area contributed by atoms with Crippen molar-refractivity contribution in [2.45, 2.75) is 13.3 Å². The predicted octanol–water partition coefficient (Wildman–Crippen LogP) is 3.87. The van der Waals surface area contributed by atoms with Gasteiger partial charge in [0.25, 0.3) is 5.91 Å². The monoisotopic (exact) mass is 247 g/mol. The second-order valence-electron chi connectivity index (χ2n) is 4.88. The Labute approximate surface area is 111 Å². The quantitative estimate of drug-likeness (QED) is 0.500. The molecule has 0 spiro atoms. The summed E-state index contributed by atoms with van der Waals surface area (Å²) < 4.78 is 1.87. The summed E-state index contributed by atoms with van der Waals surface area (Å²) in [5.41, 5.74) is 5.27. The van der Waals surface area contributed by atoms with Crippen LogP contribution in [-0.2, 0) is 6.42 Å². The van der Waals surface area contributed by atoms with Crippen molar-refractivity contribution in [2.75, 3.05) is 0 Å². The molecule has 0 bridgehead atoms. The van der Waals surface area contributed by atoms with Crippen molar-refractivity contribution in [3.05, 3.63) is 59.7 Å². The number of carbonyl (C=O) groups is 1. The third-order valence-electron chi connectivity index (χ3n) is 3.95. The topological polar surface area (TPSA) is 22.0 Å². The summed E-state index contributed by atoms with van der Waals surface area (Å²) in [6, 6.07) is 16.1. The van der Waals surface area contributed by atoms with E-state index in [9.17, 15) is 4.79 Å². The van der Waals surface area contributed by atoms with Gasteiger partial charge in [-0.3, -0.25) is 9.36 Å². The molecule has 0 N–H and O–H groups in total. The Morgan fingerprint density at radius 1 is 0.947 bits per heavy atom. The summed E-state index contributed by atoms with van der Waals surface area (Å²) in [6.45, 7) is 2.15. The van der Waals surface area contributed by atoms with Gasteiger partial charge in [-0.2, -0.15) is 0 Å². The summed E-state index contributed by atoms with van der Waals surface area (Å²) in [5.74, 6) is 0.0986. The van der Waals surface area contributed by atoms with Crippen molar-refractivity contribution in [1.82, 2.24) is 4.57 Å². The zero-order valence-corrected chi connectivity index (χ0v) is 10.7. The summed E-state index contributed by atoms with van der Waals surface area (Å²) in [6.07, 6.45) is 0.935. The number of benzene rings is 2. The second kappa shape index (κ2) is 3.58. The molecule has 0 unspecified atom stereocenters. The highest BCUT2D eigenvalue weighted by molar-refractivity contribution is 6.15. The van der Waals surface area contributed by atoms with Gasteiger partial charge in [-0.1, -0.05) is 43.3 Å². The first kappa shape index (κ1) is 10.6. The van der Waals surface area contributed by atoms with Gasteiger partial charge in [-0.15, -0.1) is 0 Å². The van der Waals surface area contributed by atoms with Crippen LogP contribution in [0, 0.1) is 0 Å². The second-order valence-corrected chi connectivity index (χ2v) is 4.88. The van der Waals surface area contributed by atoms with Crippen molar-refractivity contribution >= 4 is 16.8 Å². The number of aryl methyl sites for hydroxylation is 1. The number of aromatic nitrogens is 1. The number of hydrogen-bond acceptors (Lipinski definition) is 1. The molecule has 92 valence electrons. The van der Waals surface area contributed by atoms with Crippen molar-refractivity contribution in [3.8, 4) is 11.3 Å². The van der Waals surface area contributed by atoms with E-state index < -0.39 is 0 Å². The van der Waals surface area contributed by atoms with E-state index in [0.717, 1.165) is 28.8 Å². The largest absolute Gasteiger partial charge is 0.275 e. The highest BCUT2D eigenvalue weighted by atomic mass is 16.2. The number of fused-ring (bicyclic) bond motifs is 5. The van der Waals surface area contributed by atoms with Crippen LogP contribution in [0.1, 0.15) is 22.8 Å². The van der Waals surface area contributed by atoms with Crippen molar-refractivity contribution in [1.29, 1.82) is 0 Å². The molecule has 0 aliphatic carbocycles. The van der Waals surface area contributed by atoms with Crippen LogP contribution in [-0.4, -0.2) is 10.5 Å². The summed E-state index contributed by atoms with van der Waals surface area (Å²) in [5, 5.41) is 1.20. The highest BCUT2D eigenvalue weighted by Crippen LogP contribution is 2.40. The molecule has 1 aliphatic rings. The van der Waals surface area contributed by atoms with Gasteiger partial charge < -0.3 is 0 Å². The molecule has 1 aliphatic heterocycles. The van der Waals surface area contributed by atoms with Crippen LogP contribution in [0.3, 0.4) is 0 Å². The fourth-order valence-electron chi connectivity index (χ4n) is 3.16. The third kappa shape index (κ3) is 1.18. The third-order valence-corrected chi connectivity index (χ3v) is 3.95. The Morgan fingerprint density at radius 3 is 2.42 bits per heavy atom. The van der Waals surface area contributed by atoms with E-state index >= 15 is 0 Å². The van der Waals surface area contributed by atoms with Gasteiger partial charge in [0.05, 0.1) is 11.2 Å². The lowest BCUT2D eigenvalue weighted by molar-refractivity contribution is 0.0973. The van der Waals surface area contributed by atoms with E-state index in [4.69, 9.17) is 0 Å². The van der Waals surface area contributed by atoms with Gasteiger partial charge in [0, 0.05) is 16.5 Å². The lowest BCUT2D eigenvalue weighted by Crippen LogP contribution is -2.05. The molecule has 19 heavy (non-hydrogen) atoms. The standard InChI is InChI=1S/C17H13NO/c1-2-11-12-7-5-6-10-15(12)18-16(11)13-8-3-4-9-14(13)17(18)19/h3-10H,2H2,1H3. The predicted molar refractivity (Wildman–Crippen MR) is 76.5 cm³/mol. The molecule has 3 aromatic rings. The average Bonchev–Trinajstić information content (AvgIpc) is 2.94. The lowest BCUT2D eigenvalue weighted by atomic mass is 10.0. The number of rotatable bonds is 1. The normalized spacial score (nSPS) is 12.8. The first-order valence-electron chi connectivity index (χ1n) is 6.59. The smallest absolute Gasteiger partial charge is 0.263 e. The maximum Gasteiger partial charge on any atom is 0.263 e. The number of hydrogen-bond donors (Lipinski definition) is 0. The van der Waals surface area contributed by atoms with Crippen molar-refractivity contribution in [3.63, 3.8) is 0 Å². The van der Waals surface area contributed by atoms with E-state index in [1.165, 1.54) is 10.9 Å². The van der Waals surface area contributed by atoms with Gasteiger partial charge in [-0.25, -0.2) is 0 Å². The van der Waals surface area contributed by atoms with Gasteiger partial charge in [-0.05, 0) is 24.1 Å². The minimum Gasteiger partial charge on any atom is -0.275 e. The van der Waals surface area contributed by atoms with Gasteiger partial charge in [0.2, 0.25) is 0 Å². The first-order chi connectivity index (χ1) is 9.33. The van der Waals surface area contributed by atoms with Gasteiger partial charge in [0.1, 0.15) is 0 Å². The zero-order valence-electron chi connectivity index (χ0n) is 10.7. The van der Waals surface area contributed by atoms with E-state index in [1.54, 1.807) is 0 Å². The fraction of sp³-hybridized carbons (Fsp3) is 0.118. The summed E-state index contributed by atoms with van der Waals surface area (Å²) in [7, 11) is 0. The maximum atomic E-state index is 12.6. The Hall–Kier alpha value is -2.35. The molecule has 2 nitrogen and oxygen atoms in total. The Balaban J connectivity index is 2.23. The lowest BCUT2D eigenvalue weighted by Gasteiger charge is -2.00. The average molecular weight is 247 g/mol. The van der Waals surface area contributed by atoms with Crippen LogP contribution in [0.15, 0.2) is 48.5 Å². The molecule has 0 fully saturated rings. The molecule has 2 heterocycles. The Morgan fingerprint density at radius 2 is 1.63 bits per heavy atom. The van der Waals surface area contributed by atoms with Crippen molar-refractivity contribution in [2.24, 2.45) is 0 Å². The number of para-hydroxylation sites is 1. The van der Waals surface area contributed by atoms with Crippen LogP contribution in [0.4, 0.5) is 0 Å². The molecule has 4 rings (SSSR count). The maximum absolute atomic E-state index is 12.6. The molecule has 0 radical (unpaired) electrons. The van der Waals surface area contributed by atoms with Crippen LogP contribution in [0.25, 0.3) is 22.2 Å². The minimum atomic E-state index is 0.0986. The van der Waals surface area contributed by atoms with Crippen LogP contribution in [0.5, 0.6) is 0 Å². The molecule has 1 aromatic heterocycles. The van der Waals surface area contributed by atoms with Gasteiger partial charge >= 0.3 is 0 Å². The highest BCUT2D eigenvalue weighted by Gasteiger charge is 2.30. The summed E-state index contributed by atoms with van der Waals surface area (Å²) in [4.78, 5) is 12.6. The van der Waals surface area contributed by atoms with Crippen LogP contribution >= 0.6 is 0 Å². The SMILES string of the molecule is CCc1c2n(c3ccccc13)C(=O)c1ccccc1-2. The van der Waals surface area contributed by atoms with Crippen LogP contribution in [0.2, 0.25) is 0 Å². The molecular formula is C17H13NO. The minimum absolute atomic E-state index is 0.0986. The van der Waals surface area contributed by atoms with Crippen LogP contribution < -0.4 is 0 Å². The first-order valence-corrected chi connectivity index (χ1v) is 6.59. The van der Waals surface area contributed by atoms with E-state index in [-0.39, 0.29) is 5.91 Å². The zero-order chi connectivity index (χ0) is 13.0. The number of nitrogens with zero attached hydrogens (tertiary/aromatic N) is 1. The summed E-state index contributed by atoms with van der Waals surface area (Å²) >= 11 is 0. The molecule has 0 atom stereocenters. The van der Waals surface area contributed by atoms with E-state index in [2.05, 4.69) is 13.0 Å². The Kier molecular flexibility index (Phi) is 1.99. The van der Waals surface area contributed by atoms with E-state index in [0.29, 0.717) is 0 Å². The van der Waals surface area contributed by atoms with Crippen molar-refractivity contribution < 1.29 is 4.79 Å². The molecule has 0 amide bonds. The fourth-order valence-corrected chi connectivity index (χ4v) is 3.16. The molecule has 2 aromatic carbocycles. The Bertz CT molecular complexity index is 826. The number of carbonyl (C=O) groups excluding carboxylic acids is 1. The molecule has 2 heteroatoms. The molecular weight excluding hydrogens is 234 g/mol. The molecule has 0 saturated heterocycles. The van der Waals surface area contributed by atoms with E-state index in [1.807, 2.05) is 47.0 Å². The molecule has 0 saturated carbocycles. The van der Waals surface area contributed by atoms with Gasteiger partial charge in [0.15, 0.2) is 0 Å².